The van der Waals surface area contributed by atoms with Gasteiger partial charge in [0.25, 0.3) is 0 Å². The van der Waals surface area contributed by atoms with E-state index in [1.54, 1.807) is 0 Å². The molecule has 3 atom stereocenters. The van der Waals surface area contributed by atoms with E-state index in [1.807, 2.05) is 41.8 Å². The van der Waals surface area contributed by atoms with Gasteiger partial charge in [0.05, 0.1) is 31.0 Å². The average Bonchev–Trinajstić information content (AvgIpc) is 3.23. The number of nitrogens with zero attached hydrogens (tertiary/aromatic N) is 7. The van der Waals surface area contributed by atoms with Crippen LogP contribution in [0.25, 0.3) is 0 Å². The van der Waals surface area contributed by atoms with Crippen molar-refractivity contribution in [3.63, 3.8) is 0 Å². The molecule has 2 amide bonds. The normalized spacial score (nSPS) is 23.1. The van der Waals surface area contributed by atoms with Gasteiger partial charge in [0.15, 0.2) is 5.82 Å². The van der Waals surface area contributed by atoms with Crippen LogP contribution in [0.15, 0.2) is 30.3 Å². The Bertz CT molecular complexity index is 1400. The van der Waals surface area contributed by atoms with Gasteiger partial charge in [0.1, 0.15) is 6.04 Å². The van der Waals surface area contributed by atoms with E-state index in [-0.39, 0.29) is 30.1 Å². The minimum absolute atomic E-state index is 0.102. The van der Waals surface area contributed by atoms with Crippen molar-refractivity contribution in [1.29, 1.82) is 5.26 Å². The zero-order valence-corrected chi connectivity index (χ0v) is 21.6. The summed E-state index contributed by atoms with van der Waals surface area (Å²) >= 11 is 0. The number of amides is 2. The second-order valence-electron chi connectivity index (χ2n) is 10.4. The zero-order chi connectivity index (χ0) is 26.4. The minimum Gasteiger partial charge on any atom is -0.467 e. The van der Waals surface area contributed by atoms with Crippen LogP contribution in [-0.2, 0) is 12.1 Å². The Kier molecular flexibility index (Phi) is 5.78. The van der Waals surface area contributed by atoms with Crippen LogP contribution >= 0.6 is 0 Å². The Hall–Kier alpha value is -4.40. The van der Waals surface area contributed by atoms with Gasteiger partial charge in [-0.2, -0.15) is 25.3 Å². The van der Waals surface area contributed by atoms with Gasteiger partial charge in [-0.05, 0) is 38.7 Å². The van der Waals surface area contributed by atoms with Crippen LogP contribution in [0.2, 0.25) is 0 Å². The fraction of sp³-hybridized carbons (Fsp3) is 0.462. The number of anilines is 3. The summed E-state index contributed by atoms with van der Waals surface area (Å²) in [6, 6.07) is 12.5. The number of urea groups is 1. The molecule has 4 heterocycles. The number of carbonyl (C=O) groups is 1. The highest BCUT2D eigenvalue weighted by Gasteiger charge is 2.47. The molecule has 12 heteroatoms. The van der Waals surface area contributed by atoms with E-state index in [2.05, 4.69) is 54.0 Å². The predicted molar refractivity (Wildman–Crippen MR) is 139 cm³/mol. The summed E-state index contributed by atoms with van der Waals surface area (Å²) < 4.78 is 5.30. The van der Waals surface area contributed by atoms with Crippen molar-refractivity contribution in [2.24, 2.45) is 0 Å². The molecule has 1 aromatic carbocycles. The lowest BCUT2D eigenvalue weighted by atomic mass is 10.0. The first-order valence-corrected chi connectivity index (χ1v) is 12.8. The Morgan fingerprint density at radius 2 is 2.05 bits per heavy atom. The SMILES string of the molecule is COc1nc(Nc2n[nH]c3c2CN(C(=O)N[C@@H]2C[C@H]2c2ccccc2)C3(C)C)nc(N2CCC[C@H]2C#N)n1. The summed E-state index contributed by atoms with van der Waals surface area (Å²) in [7, 11) is 1.49. The van der Waals surface area contributed by atoms with Crippen LogP contribution in [0.3, 0.4) is 0 Å². The first kappa shape index (κ1) is 24.0. The van der Waals surface area contributed by atoms with Crippen LogP contribution in [0.4, 0.5) is 22.5 Å². The quantitative estimate of drug-likeness (QED) is 0.451. The van der Waals surface area contributed by atoms with Crippen molar-refractivity contribution >= 4 is 23.7 Å². The van der Waals surface area contributed by atoms with E-state index in [9.17, 15) is 10.1 Å². The van der Waals surface area contributed by atoms with Crippen molar-refractivity contribution in [1.82, 2.24) is 35.4 Å². The summed E-state index contributed by atoms with van der Waals surface area (Å²) in [5, 5.41) is 23.5. The number of nitrogens with one attached hydrogen (secondary N) is 3. The largest absolute Gasteiger partial charge is 0.467 e. The number of ether oxygens (including phenoxy) is 1. The number of hydrogen-bond donors (Lipinski definition) is 3. The van der Waals surface area contributed by atoms with Gasteiger partial charge in [-0.3, -0.25) is 5.10 Å². The van der Waals surface area contributed by atoms with Gasteiger partial charge in [0, 0.05) is 24.1 Å². The molecule has 2 aliphatic heterocycles. The average molecular weight is 515 g/mol. The number of nitriles is 1. The van der Waals surface area contributed by atoms with Crippen LogP contribution < -0.4 is 20.3 Å². The number of aromatic amines is 1. The van der Waals surface area contributed by atoms with Crippen molar-refractivity contribution in [3.05, 3.63) is 47.2 Å². The van der Waals surface area contributed by atoms with E-state index >= 15 is 0 Å². The Labute approximate surface area is 220 Å². The molecule has 3 aromatic rings. The van der Waals surface area contributed by atoms with Crippen LogP contribution in [0.5, 0.6) is 6.01 Å². The smallest absolute Gasteiger partial charge is 0.322 e. The topological polar surface area (TPSA) is 148 Å². The van der Waals surface area contributed by atoms with Crippen LogP contribution in [-0.4, -0.2) is 61.8 Å². The van der Waals surface area contributed by atoms with Crippen molar-refractivity contribution < 1.29 is 9.53 Å². The first-order chi connectivity index (χ1) is 18.4. The molecule has 1 saturated heterocycles. The Morgan fingerprint density at radius 1 is 1.24 bits per heavy atom. The van der Waals surface area contributed by atoms with Crippen LogP contribution in [0.1, 0.15) is 55.8 Å². The van der Waals surface area contributed by atoms with Gasteiger partial charge in [0.2, 0.25) is 11.9 Å². The standard InChI is InChI=1S/C26H30N10O2/c1-26(2)20-18(14-36(26)25(37)28-19-12-17(19)15-8-5-4-6-9-15)21(34-33-20)29-22-30-23(32-24(31-22)38-3)35-11-7-10-16(35)13-27/h4-6,8-9,16-17,19H,7,10-12,14H2,1-3H3,(H,28,37)(H2,29,30,31,32,33,34)/t16-,17-,19+/m0/s1. The van der Waals surface area contributed by atoms with Crippen molar-refractivity contribution in [2.75, 3.05) is 23.9 Å². The molecule has 0 radical (unpaired) electrons. The molecule has 38 heavy (non-hydrogen) atoms. The van der Waals surface area contributed by atoms with E-state index < -0.39 is 5.54 Å². The molecule has 6 rings (SSSR count). The first-order valence-electron chi connectivity index (χ1n) is 12.8. The van der Waals surface area contributed by atoms with Gasteiger partial charge in [-0.15, -0.1) is 0 Å². The highest BCUT2D eigenvalue weighted by molar-refractivity contribution is 5.78. The minimum atomic E-state index is -0.582. The fourth-order valence-electron chi connectivity index (χ4n) is 5.47. The predicted octanol–water partition coefficient (Wildman–Crippen LogP) is 3.16. The summed E-state index contributed by atoms with van der Waals surface area (Å²) in [6.45, 7) is 5.07. The molecule has 0 spiro atoms. The summed E-state index contributed by atoms with van der Waals surface area (Å²) in [5.41, 5.74) is 2.40. The molecule has 1 aliphatic carbocycles. The number of rotatable bonds is 6. The maximum Gasteiger partial charge on any atom is 0.322 e. The molecule has 196 valence electrons. The molecular formula is C26H30N10O2. The lowest BCUT2D eigenvalue weighted by molar-refractivity contribution is 0.142. The van der Waals surface area contributed by atoms with Crippen LogP contribution in [0, 0.1) is 11.3 Å². The highest BCUT2D eigenvalue weighted by Crippen LogP contribution is 2.43. The number of benzene rings is 1. The molecule has 2 fully saturated rings. The van der Waals surface area contributed by atoms with E-state index in [4.69, 9.17) is 4.74 Å². The van der Waals surface area contributed by atoms with E-state index in [0.29, 0.717) is 30.8 Å². The molecule has 1 saturated carbocycles. The highest BCUT2D eigenvalue weighted by atomic mass is 16.5. The molecular weight excluding hydrogens is 484 g/mol. The number of carbonyl (C=O) groups excluding carboxylic acids is 1. The van der Waals surface area contributed by atoms with E-state index in [0.717, 1.165) is 30.5 Å². The summed E-state index contributed by atoms with van der Waals surface area (Å²) in [5.74, 6) is 1.53. The molecule has 0 unspecified atom stereocenters. The summed E-state index contributed by atoms with van der Waals surface area (Å²) in [6.07, 6.45) is 2.60. The Morgan fingerprint density at radius 3 is 2.82 bits per heavy atom. The van der Waals surface area contributed by atoms with Crippen molar-refractivity contribution in [2.45, 2.75) is 63.2 Å². The molecule has 2 aromatic heterocycles. The second kappa shape index (κ2) is 9.16. The molecule has 0 bridgehead atoms. The second-order valence-corrected chi connectivity index (χ2v) is 10.4. The van der Waals surface area contributed by atoms with Gasteiger partial charge >= 0.3 is 12.0 Å². The summed E-state index contributed by atoms with van der Waals surface area (Å²) in [4.78, 5) is 30.3. The maximum absolute atomic E-state index is 13.3. The fourth-order valence-corrected chi connectivity index (χ4v) is 5.47. The third kappa shape index (κ3) is 4.13. The lowest BCUT2D eigenvalue weighted by Gasteiger charge is -2.32. The zero-order valence-electron chi connectivity index (χ0n) is 21.6. The molecule has 3 N–H and O–H groups in total. The monoisotopic (exact) mass is 514 g/mol. The number of H-pyrrole nitrogens is 1. The number of hydrogen-bond acceptors (Lipinski definition) is 9. The lowest BCUT2D eigenvalue weighted by Crippen LogP contribution is -2.47. The maximum atomic E-state index is 13.3. The third-order valence-electron chi connectivity index (χ3n) is 7.72. The van der Waals surface area contributed by atoms with Gasteiger partial charge in [-0.25, -0.2) is 4.79 Å². The number of fused-ring (bicyclic) bond motifs is 1. The number of methoxy groups -OCH3 is 1. The van der Waals surface area contributed by atoms with Gasteiger partial charge in [-0.1, -0.05) is 30.3 Å². The molecule has 12 nitrogen and oxygen atoms in total. The van der Waals surface area contributed by atoms with E-state index in [1.165, 1.54) is 12.7 Å². The Balaban J connectivity index is 1.19. The third-order valence-corrected chi connectivity index (χ3v) is 7.72. The van der Waals surface area contributed by atoms with Gasteiger partial charge < -0.3 is 25.2 Å². The number of aromatic nitrogens is 5. The molecule has 3 aliphatic rings. The van der Waals surface area contributed by atoms with Crippen molar-refractivity contribution in [3.8, 4) is 12.1 Å².